The fraction of sp³-hybridized carbons (Fsp3) is 0. The van der Waals surface area contributed by atoms with Crippen LogP contribution in [0.5, 0.6) is 0 Å². The van der Waals surface area contributed by atoms with E-state index in [4.69, 9.17) is 11.6 Å². The lowest BCUT2D eigenvalue weighted by Crippen LogP contribution is -2.04. The zero-order valence-corrected chi connectivity index (χ0v) is 7.80. The summed E-state index contributed by atoms with van der Waals surface area (Å²) in [7, 11) is 0. The van der Waals surface area contributed by atoms with Crippen molar-refractivity contribution < 1.29 is 4.79 Å². The smallest absolute Gasteiger partial charge is 0.273 e. The molecule has 13 heavy (non-hydrogen) atoms. The van der Waals surface area contributed by atoms with E-state index in [-0.39, 0.29) is 5.56 Å². The molecule has 2 heterocycles. The first kappa shape index (κ1) is 8.40. The van der Waals surface area contributed by atoms with Crippen LogP contribution in [-0.2, 0) is 0 Å². The van der Waals surface area contributed by atoms with Crippen LogP contribution in [-0.4, -0.2) is 15.7 Å². The van der Waals surface area contributed by atoms with Crippen molar-refractivity contribution in [1.82, 2.24) is 9.38 Å². The van der Waals surface area contributed by atoms with Gasteiger partial charge in [0.05, 0.1) is 0 Å². The van der Waals surface area contributed by atoms with Gasteiger partial charge < -0.3 is 0 Å². The van der Waals surface area contributed by atoms with Crippen LogP contribution in [0.25, 0.3) is 4.96 Å². The van der Waals surface area contributed by atoms with Gasteiger partial charge in [-0.2, -0.15) is 4.98 Å². The topological polar surface area (TPSA) is 51.4 Å². The molecule has 6 heteroatoms. The summed E-state index contributed by atoms with van der Waals surface area (Å²) in [5.74, 6) is 0. The Kier molecular flexibility index (Phi) is 1.90. The van der Waals surface area contributed by atoms with Gasteiger partial charge in [-0.15, -0.1) is 0 Å². The Hall–Kier alpha value is -1.20. The molecule has 0 bridgehead atoms. The maximum Gasteiger partial charge on any atom is 0.273 e. The Morgan fingerprint density at radius 2 is 2.38 bits per heavy atom. The van der Waals surface area contributed by atoms with Gasteiger partial charge in [-0.3, -0.25) is 14.0 Å². The molecule has 0 saturated heterocycles. The average Bonchev–Trinajstić information content (AvgIpc) is 2.42. The van der Waals surface area contributed by atoms with Gasteiger partial charge in [0.25, 0.3) is 5.56 Å². The summed E-state index contributed by atoms with van der Waals surface area (Å²) < 4.78 is 1.50. The Morgan fingerprint density at radius 1 is 1.62 bits per heavy atom. The normalized spacial score (nSPS) is 10.5. The van der Waals surface area contributed by atoms with Crippen LogP contribution >= 0.6 is 22.9 Å². The van der Waals surface area contributed by atoms with Gasteiger partial charge in [-0.25, -0.2) is 0 Å². The van der Waals surface area contributed by atoms with Crippen molar-refractivity contribution in [3.63, 3.8) is 0 Å². The van der Waals surface area contributed by atoms with Crippen molar-refractivity contribution >= 4 is 34.2 Å². The van der Waals surface area contributed by atoms with E-state index in [1.807, 2.05) is 0 Å². The first-order valence-corrected chi connectivity index (χ1v) is 4.54. The molecule has 0 aliphatic rings. The fourth-order valence-electron chi connectivity index (χ4n) is 0.941. The zero-order chi connectivity index (χ0) is 9.42. The molecule has 0 N–H and O–H groups in total. The molecule has 2 aromatic rings. The van der Waals surface area contributed by atoms with Gasteiger partial charge in [-0.05, 0) is 0 Å². The maximum absolute atomic E-state index is 10.8. The average molecular weight is 215 g/mol. The van der Waals surface area contributed by atoms with E-state index >= 15 is 0 Å². The molecule has 0 radical (unpaired) electrons. The highest BCUT2D eigenvalue weighted by Crippen LogP contribution is 2.23. The zero-order valence-electron chi connectivity index (χ0n) is 6.23. The molecule has 0 aromatic carbocycles. The van der Waals surface area contributed by atoms with Crippen LogP contribution in [0.4, 0.5) is 0 Å². The molecule has 0 amide bonds. The highest BCUT2D eigenvalue weighted by Gasteiger charge is 2.08. The Bertz CT molecular complexity index is 531. The molecular weight excluding hydrogens is 212 g/mol. The number of aromatic nitrogens is 2. The predicted octanol–water partition coefficient (Wildman–Crippen LogP) is 1.22. The van der Waals surface area contributed by atoms with E-state index in [2.05, 4.69) is 4.98 Å². The molecule has 0 aliphatic heterocycles. The van der Waals surface area contributed by atoms with E-state index in [1.165, 1.54) is 16.7 Å². The summed E-state index contributed by atoms with van der Waals surface area (Å²) in [6.07, 6.45) is 2.14. The lowest BCUT2D eigenvalue weighted by molar-refractivity contribution is 0.112. The predicted molar refractivity (Wildman–Crippen MR) is 49.7 cm³/mol. The molecule has 0 spiro atoms. The Morgan fingerprint density at radius 3 is 3.08 bits per heavy atom. The molecule has 0 aliphatic carbocycles. The molecule has 2 aromatic heterocycles. The summed E-state index contributed by atoms with van der Waals surface area (Å²) >= 11 is 6.90. The number of carbonyl (C=O) groups is 1. The minimum Gasteiger partial charge on any atom is -0.297 e. The summed E-state index contributed by atoms with van der Waals surface area (Å²) in [6, 6.07) is 1.29. The second-order valence-corrected chi connectivity index (χ2v) is 3.66. The Labute approximate surface area is 81.4 Å². The number of thiazole rings is 1. The second-order valence-electron chi connectivity index (χ2n) is 2.29. The molecular formula is C7H3ClN2O2S. The second kappa shape index (κ2) is 2.93. The number of rotatable bonds is 1. The van der Waals surface area contributed by atoms with Crippen molar-refractivity contribution in [2.45, 2.75) is 0 Å². The van der Waals surface area contributed by atoms with Crippen molar-refractivity contribution in [2.75, 3.05) is 0 Å². The van der Waals surface area contributed by atoms with Gasteiger partial charge in [0.1, 0.15) is 10.0 Å². The fourth-order valence-corrected chi connectivity index (χ4v) is 2.10. The summed E-state index contributed by atoms with van der Waals surface area (Å²) in [4.78, 5) is 25.8. The SMILES string of the molecule is O=Cc1sc2nc(=O)ccn2c1Cl. The number of halogens is 1. The van der Waals surface area contributed by atoms with Crippen molar-refractivity contribution in [3.05, 3.63) is 32.6 Å². The van der Waals surface area contributed by atoms with E-state index in [9.17, 15) is 9.59 Å². The quantitative estimate of drug-likeness (QED) is 0.671. The van der Waals surface area contributed by atoms with Gasteiger partial charge >= 0.3 is 0 Å². The third-order valence-corrected chi connectivity index (χ3v) is 2.98. The highest BCUT2D eigenvalue weighted by molar-refractivity contribution is 7.19. The number of hydrogen-bond donors (Lipinski definition) is 0. The first-order valence-electron chi connectivity index (χ1n) is 3.35. The third kappa shape index (κ3) is 1.26. The lowest BCUT2D eigenvalue weighted by atomic mass is 10.6. The van der Waals surface area contributed by atoms with Crippen LogP contribution in [0.15, 0.2) is 17.1 Å². The molecule has 0 fully saturated rings. The van der Waals surface area contributed by atoms with E-state index < -0.39 is 0 Å². The molecule has 0 unspecified atom stereocenters. The van der Waals surface area contributed by atoms with Gasteiger partial charge in [0, 0.05) is 12.3 Å². The molecule has 4 nitrogen and oxygen atoms in total. The molecule has 66 valence electrons. The molecule has 0 atom stereocenters. The van der Waals surface area contributed by atoms with E-state index in [1.54, 1.807) is 0 Å². The Balaban J connectivity index is 2.91. The highest BCUT2D eigenvalue weighted by atomic mass is 35.5. The molecule has 2 rings (SSSR count). The van der Waals surface area contributed by atoms with Gasteiger partial charge in [0.2, 0.25) is 0 Å². The van der Waals surface area contributed by atoms with Crippen LogP contribution in [0.2, 0.25) is 5.15 Å². The maximum atomic E-state index is 10.8. The van der Waals surface area contributed by atoms with Crippen LogP contribution in [0.1, 0.15) is 9.67 Å². The van der Waals surface area contributed by atoms with Crippen LogP contribution in [0.3, 0.4) is 0 Å². The lowest BCUT2D eigenvalue weighted by Gasteiger charge is -1.90. The minimum atomic E-state index is -0.338. The summed E-state index contributed by atoms with van der Waals surface area (Å²) in [5.41, 5.74) is -0.338. The van der Waals surface area contributed by atoms with Crippen molar-refractivity contribution in [2.24, 2.45) is 0 Å². The van der Waals surface area contributed by atoms with Gasteiger partial charge in [0.15, 0.2) is 11.2 Å². The largest absolute Gasteiger partial charge is 0.297 e. The van der Waals surface area contributed by atoms with Crippen LogP contribution in [0, 0.1) is 0 Å². The number of fused-ring (bicyclic) bond motifs is 1. The van der Waals surface area contributed by atoms with E-state index in [0.717, 1.165) is 11.3 Å². The number of hydrogen-bond acceptors (Lipinski definition) is 4. The number of carbonyl (C=O) groups excluding carboxylic acids is 1. The van der Waals surface area contributed by atoms with Crippen LogP contribution < -0.4 is 5.56 Å². The first-order chi connectivity index (χ1) is 6.22. The van der Waals surface area contributed by atoms with E-state index in [0.29, 0.717) is 21.3 Å². The standard InChI is InChI=1S/C7H3ClN2O2S/c8-6-4(3-11)13-7-9-5(12)1-2-10(6)7/h1-3H. The number of nitrogens with zero attached hydrogens (tertiary/aromatic N) is 2. The monoisotopic (exact) mass is 214 g/mol. The third-order valence-electron chi connectivity index (χ3n) is 1.50. The van der Waals surface area contributed by atoms with Crippen molar-refractivity contribution in [3.8, 4) is 0 Å². The van der Waals surface area contributed by atoms with Gasteiger partial charge in [-0.1, -0.05) is 22.9 Å². The van der Waals surface area contributed by atoms with Crippen molar-refractivity contribution in [1.29, 1.82) is 0 Å². The summed E-state index contributed by atoms with van der Waals surface area (Å²) in [6.45, 7) is 0. The summed E-state index contributed by atoms with van der Waals surface area (Å²) in [5, 5.41) is 0.294. The minimum absolute atomic E-state index is 0.294. The number of aldehydes is 1. The molecule has 0 saturated carbocycles.